The molecule has 0 unspecified atom stereocenters. The van der Waals surface area contributed by atoms with E-state index in [1.807, 2.05) is 6.07 Å². The van der Waals surface area contributed by atoms with Gasteiger partial charge in [0.2, 0.25) is 12.7 Å². The number of amides is 2. The number of nitrogens with zero attached hydrogens (tertiary/aromatic N) is 1. The van der Waals surface area contributed by atoms with Crippen molar-refractivity contribution in [2.24, 2.45) is 5.92 Å². The zero-order chi connectivity index (χ0) is 18.1. The van der Waals surface area contributed by atoms with Gasteiger partial charge in [-0.15, -0.1) is 0 Å². The third-order valence-electron chi connectivity index (χ3n) is 4.54. The Balaban J connectivity index is 1.39. The number of carbonyl (C=O) groups is 2. The van der Waals surface area contributed by atoms with Crippen LogP contribution in [0.25, 0.3) is 0 Å². The molecule has 7 heteroatoms. The molecule has 0 aliphatic carbocycles. The molecule has 0 aromatic heterocycles. The quantitative estimate of drug-likeness (QED) is 0.913. The van der Waals surface area contributed by atoms with Crippen LogP contribution >= 0.6 is 0 Å². The van der Waals surface area contributed by atoms with Gasteiger partial charge in [0.05, 0.1) is 5.56 Å². The van der Waals surface area contributed by atoms with Crippen LogP contribution in [-0.2, 0) is 4.79 Å². The summed E-state index contributed by atoms with van der Waals surface area (Å²) in [5.41, 5.74) is 0.742. The zero-order valence-electron chi connectivity index (χ0n) is 13.9. The molecule has 1 saturated heterocycles. The number of hydrogen-bond acceptors (Lipinski definition) is 4. The summed E-state index contributed by atoms with van der Waals surface area (Å²) in [6.45, 7) is 0.966. The molecule has 0 radical (unpaired) electrons. The van der Waals surface area contributed by atoms with Gasteiger partial charge in [0.25, 0.3) is 5.91 Å². The average Bonchev–Trinajstić information content (AvgIpc) is 3.25. The third-order valence-corrected chi connectivity index (χ3v) is 4.54. The lowest BCUT2D eigenvalue weighted by atomic mass is 10.1. The SMILES string of the molecule is O=C(NC[C@@H]1CC(=O)N(c2ccc3c(c2)OCO3)C1)c1ccccc1F. The van der Waals surface area contributed by atoms with Crippen molar-refractivity contribution < 1.29 is 23.5 Å². The van der Waals surface area contributed by atoms with Crippen LogP contribution in [0.4, 0.5) is 10.1 Å². The maximum absolute atomic E-state index is 13.6. The van der Waals surface area contributed by atoms with E-state index in [1.54, 1.807) is 23.1 Å². The second-order valence-corrected chi connectivity index (χ2v) is 6.30. The highest BCUT2D eigenvalue weighted by Gasteiger charge is 2.31. The number of benzene rings is 2. The molecule has 2 aliphatic rings. The minimum Gasteiger partial charge on any atom is -0.454 e. The fourth-order valence-electron chi connectivity index (χ4n) is 3.20. The number of carbonyl (C=O) groups excluding carboxylic acids is 2. The molecule has 134 valence electrons. The highest BCUT2D eigenvalue weighted by molar-refractivity contribution is 5.97. The normalized spacial score (nSPS) is 18.3. The fourth-order valence-corrected chi connectivity index (χ4v) is 3.20. The molecule has 0 saturated carbocycles. The number of fused-ring (bicyclic) bond motifs is 1. The number of rotatable bonds is 4. The lowest BCUT2D eigenvalue weighted by Gasteiger charge is -2.17. The Morgan fingerprint density at radius 2 is 2.00 bits per heavy atom. The van der Waals surface area contributed by atoms with Crippen molar-refractivity contribution in [2.75, 3.05) is 24.8 Å². The standard InChI is InChI=1S/C19H17FN2O4/c20-15-4-2-1-3-14(15)19(24)21-9-12-7-18(23)22(10-12)13-5-6-16-17(8-13)26-11-25-16/h1-6,8,12H,7,9-11H2,(H,21,24)/t12-/m0/s1. The van der Waals surface area contributed by atoms with Gasteiger partial charge in [-0.3, -0.25) is 9.59 Å². The summed E-state index contributed by atoms with van der Waals surface area (Å²) in [7, 11) is 0. The predicted molar refractivity (Wildman–Crippen MR) is 91.8 cm³/mol. The maximum Gasteiger partial charge on any atom is 0.254 e. The first-order valence-electron chi connectivity index (χ1n) is 8.34. The predicted octanol–water partition coefficient (Wildman–Crippen LogP) is 2.34. The lowest BCUT2D eigenvalue weighted by Crippen LogP contribution is -2.31. The summed E-state index contributed by atoms with van der Waals surface area (Å²) in [5, 5.41) is 2.71. The minimum absolute atomic E-state index is 0.00412. The summed E-state index contributed by atoms with van der Waals surface area (Å²) in [4.78, 5) is 26.1. The molecule has 2 aliphatic heterocycles. The van der Waals surface area contributed by atoms with Gasteiger partial charge in [-0.25, -0.2) is 4.39 Å². The van der Waals surface area contributed by atoms with E-state index in [-0.39, 0.29) is 24.2 Å². The van der Waals surface area contributed by atoms with E-state index >= 15 is 0 Å². The van der Waals surface area contributed by atoms with E-state index in [0.29, 0.717) is 31.0 Å². The topological polar surface area (TPSA) is 67.9 Å². The van der Waals surface area contributed by atoms with Crippen LogP contribution in [0.2, 0.25) is 0 Å². The van der Waals surface area contributed by atoms with Gasteiger partial charge in [-0.2, -0.15) is 0 Å². The van der Waals surface area contributed by atoms with E-state index in [9.17, 15) is 14.0 Å². The second-order valence-electron chi connectivity index (χ2n) is 6.30. The van der Waals surface area contributed by atoms with Crippen LogP contribution in [0.5, 0.6) is 11.5 Å². The molecule has 2 heterocycles. The Labute approximate surface area is 149 Å². The fraction of sp³-hybridized carbons (Fsp3) is 0.263. The Kier molecular flexibility index (Phi) is 4.20. The van der Waals surface area contributed by atoms with Gasteiger partial charge >= 0.3 is 0 Å². The summed E-state index contributed by atoms with van der Waals surface area (Å²) in [6.07, 6.45) is 0.325. The van der Waals surface area contributed by atoms with Gasteiger partial charge in [-0.1, -0.05) is 12.1 Å². The van der Waals surface area contributed by atoms with Crippen LogP contribution in [-0.4, -0.2) is 31.7 Å². The molecular formula is C19H17FN2O4. The Bertz CT molecular complexity index is 870. The Hall–Kier alpha value is -3.09. The van der Waals surface area contributed by atoms with Crippen molar-refractivity contribution in [2.45, 2.75) is 6.42 Å². The Morgan fingerprint density at radius 1 is 1.19 bits per heavy atom. The second kappa shape index (κ2) is 6.67. The number of halogens is 1. The van der Waals surface area contributed by atoms with Gasteiger partial charge in [0.1, 0.15) is 5.82 Å². The first-order chi connectivity index (χ1) is 12.6. The molecule has 1 atom stereocenters. The maximum atomic E-state index is 13.6. The first kappa shape index (κ1) is 16.4. The van der Waals surface area contributed by atoms with Crippen LogP contribution in [0, 0.1) is 11.7 Å². The monoisotopic (exact) mass is 356 g/mol. The summed E-state index contributed by atoms with van der Waals surface area (Å²) < 4.78 is 24.3. The molecule has 2 aromatic rings. The molecule has 1 N–H and O–H groups in total. The largest absolute Gasteiger partial charge is 0.454 e. The molecular weight excluding hydrogens is 339 g/mol. The molecule has 2 aromatic carbocycles. The van der Waals surface area contributed by atoms with Crippen molar-refractivity contribution >= 4 is 17.5 Å². The van der Waals surface area contributed by atoms with E-state index in [2.05, 4.69) is 5.32 Å². The van der Waals surface area contributed by atoms with Crippen molar-refractivity contribution in [1.82, 2.24) is 5.32 Å². The van der Waals surface area contributed by atoms with Crippen molar-refractivity contribution in [3.63, 3.8) is 0 Å². The van der Waals surface area contributed by atoms with E-state index < -0.39 is 11.7 Å². The van der Waals surface area contributed by atoms with Crippen LogP contribution in [0.1, 0.15) is 16.8 Å². The molecule has 26 heavy (non-hydrogen) atoms. The molecule has 0 bridgehead atoms. The molecule has 4 rings (SSSR count). The number of nitrogens with one attached hydrogen (secondary N) is 1. The lowest BCUT2D eigenvalue weighted by molar-refractivity contribution is -0.117. The molecule has 1 fully saturated rings. The number of ether oxygens (including phenoxy) is 2. The molecule has 0 spiro atoms. The van der Waals surface area contributed by atoms with Crippen LogP contribution in [0.3, 0.4) is 0 Å². The van der Waals surface area contributed by atoms with E-state index in [1.165, 1.54) is 18.2 Å². The van der Waals surface area contributed by atoms with Crippen molar-refractivity contribution in [1.29, 1.82) is 0 Å². The minimum atomic E-state index is -0.561. The van der Waals surface area contributed by atoms with Gasteiger partial charge < -0.3 is 19.7 Å². The van der Waals surface area contributed by atoms with E-state index in [4.69, 9.17) is 9.47 Å². The third kappa shape index (κ3) is 3.08. The van der Waals surface area contributed by atoms with Gasteiger partial charge in [0.15, 0.2) is 11.5 Å². The Morgan fingerprint density at radius 3 is 2.85 bits per heavy atom. The van der Waals surface area contributed by atoms with Crippen molar-refractivity contribution in [3.8, 4) is 11.5 Å². The summed E-state index contributed by atoms with van der Waals surface area (Å²) in [6, 6.07) is 11.2. The van der Waals surface area contributed by atoms with Crippen molar-refractivity contribution in [3.05, 3.63) is 53.8 Å². The smallest absolute Gasteiger partial charge is 0.254 e. The number of hydrogen-bond donors (Lipinski definition) is 1. The molecule has 6 nitrogen and oxygen atoms in total. The summed E-state index contributed by atoms with van der Waals surface area (Å²) >= 11 is 0. The molecule has 2 amide bonds. The average molecular weight is 356 g/mol. The zero-order valence-corrected chi connectivity index (χ0v) is 13.9. The van der Waals surface area contributed by atoms with E-state index in [0.717, 1.165) is 5.69 Å². The van der Waals surface area contributed by atoms with Gasteiger partial charge in [0, 0.05) is 37.2 Å². The number of anilines is 1. The highest BCUT2D eigenvalue weighted by atomic mass is 19.1. The first-order valence-corrected chi connectivity index (χ1v) is 8.34. The highest BCUT2D eigenvalue weighted by Crippen LogP contribution is 2.37. The summed E-state index contributed by atoms with van der Waals surface area (Å²) in [5.74, 6) is 0.185. The van der Waals surface area contributed by atoms with Crippen LogP contribution in [0.15, 0.2) is 42.5 Å². The van der Waals surface area contributed by atoms with Gasteiger partial charge in [-0.05, 0) is 24.3 Å². The van der Waals surface area contributed by atoms with Crippen LogP contribution < -0.4 is 19.7 Å².